The fourth-order valence-corrected chi connectivity index (χ4v) is 3.86. The highest BCUT2D eigenvalue weighted by Gasteiger charge is 2.36. The maximum atomic E-state index is 12.5. The van der Waals surface area contributed by atoms with E-state index < -0.39 is 5.60 Å². The number of anilines is 1. The summed E-state index contributed by atoms with van der Waals surface area (Å²) in [4.78, 5) is 29.3. The number of nitrogens with zero attached hydrogens (tertiary/aromatic N) is 5. The molecule has 7 nitrogen and oxygen atoms in total. The average molecular weight is 347 g/mol. The number of aliphatic hydroxyl groups is 1. The minimum absolute atomic E-state index is 0.100. The van der Waals surface area contributed by atoms with Crippen LogP contribution in [0.5, 0.6) is 0 Å². The van der Waals surface area contributed by atoms with Gasteiger partial charge in [-0.3, -0.25) is 4.79 Å². The Morgan fingerprint density at radius 3 is 2.83 bits per heavy atom. The van der Waals surface area contributed by atoms with Gasteiger partial charge in [-0.1, -0.05) is 0 Å². The third kappa shape index (κ3) is 3.54. The lowest BCUT2D eigenvalue weighted by Gasteiger charge is -2.41. The molecule has 1 aliphatic heterocycles. The lowest BCUT2D eigenvalue weighted by Crippen LogP contribution is -2.55. The van der Waals surface area contributed by atoms with Crippen molar-refractivity contribution in [3.8, 4) is 0 Å². The molecule has 1 atom stereocenters. The van der Waals surface area contributed by atoms with Gasteiger partial charge in [0.2, 0.25) is 5.95 Å². The normalized spacial score (nSPS) is 20.9. The third-order valence-corrected chi connectivity index (χ3v) is 5.12. The number of aromatic nitrogens is 3. The van der Waals surface area contributed by atoms with E-state index in [4.69, 9.17) is 0 Å². The first-order valence-electron chi connectivity index (χ1n) is 7.88. The smallest absolute Gasteiger partial charge is 0.265 e. The maximum Gasteiger partial charge on any atom is 0.265 e. The zero-order valence-electron chi connectivity index (χ0n) is 13.8. The quantitative estimate of drug-likeness (QED) is 0.899. The Hall–Kier alpha value is -2.06. The molecule has 0 aliphatic carbocycles. The van der Waals surface area contributed by atoms with Crippen molar-refractivity contribution < 1.29 is 9.90 Å². The van der Waals surface area contributed by atoms with Crippen molar-refractivity contribution in [3.05, 3.63) is 34.5 Å². The molecule has 24 heavy (non-hydrogen) atoms. The predicted molar refractivity (Wildman–Crippen MR) is 92.2 cm³/mol. The number of carbonyl (C=O) groups excluding carboxylic acids is 1. The minimum atomic E-state index is -0.972. The molecule has 1 amide bonds. The number of β-amino-alcohol motifs (C(OH)–C–C–N with tert-alkyl or cyclic N) is 1. The van der Waals surface area contributed by atoms with Crippen molar-refractivity contribution in [2.24, 2.45) is 0 Å². The van der Waals surface area contributed by atoms with Crippen LogP contribution in [0.1, 0.15) is 28.2 Å². The van der Waals surface area contributed by atoms with E-state index in [1.54, 1.807) is 35.9 Å². The van der Waals surface area contributed by atoms with Crippen LogP contribution in [0.15, 0.2) is 24.0 Å². The summed E-state index contributed by atoms with van der Waals surface area (Å²) in [6, 6.07) is 1.77. The molecule has 3 rings (SSSR count). The number of rotatable bonds is 4. The van der Waals surface area contributed by atoms with E-state index >= 15 is 0 Å². The fourth-order valence-electron chi connectivity index (χ4n) is 3.06. The number of carbonyl (C=O) groups is 1. The zero-order chi connectivity index (χ0) is 17.2. The first kappa shape index (κ1) is 16.8. The van der Waals surface area contributed by atoms with Crippen LogP contribution in [0.2, 0.25) is 0 Å². The number of amides is 1. The van der Waals surface area contributed by atoms with Crippen molar-refractivity contribution in [2.75, 3.05) is 31.6 Å². The molecule has 8 heteroatoms. The highest BCUT2D eigenvalue weighted by Crippen LogP contribution is 2.25. The second kappa shape index (κ2) is 6.82. The van der Waals surface area contributed by atoms with Gasteiger partial charge in [0, 0.05) is 26.0 Å². The summed E-state index contributed by atoms with van der Waals surface area (Å²) in [7, 11) is 1.72. The van der Waals surface area contributed by atoms with Crippen LogP contribution in [-0.4, -0.2) is 63.1 Å². The van der Waals surface area contributed by atoms with Gasteiger partial charge in [0.05, 0.1) is 29.9 Å². The van der Waals surface area contributed by atoms with Crippen molar-refractivity contribution >= 4 is 23.2 Å². The maximum absolute atomic E-state index is 12.5. The van der Waals surface area contributed by atoms with Crippen molar-refractivity contribution in [3.63, 3.8) is 0 Å². The average Bonchev–Trinajstić information content (AvgIpc) is 3.00. The second-order valence-corrected chi connectivity index (χ2v) is 7.08. The number of thiazole rings is 1. The summed E-state index contributed by atoms with van der Waals surface area (Å²) >= 11 is 1.33. The van der Waals surface area contributed by atoms with Crippen LogP contribution in [0.25, 0.3) is 0 Å². The van der Waals surface area contributed by atoms with Gasteiger partial charge >= 0.3 is 0 Å². The lowest BCUT2D eigenvalue weighted by atomic mass is 9.92. The standard InChI is InChI=1S/C16H21N5O2S/c1-12-13(24-11-19-12)14(22)20(2)9-16(23)5-3-8-21(10-16)15-17-6-4-7-18-15/h4,6-7,11,23H,3,5,8-10H2,1-2H3/t16-/m0/s1. The molecule has 2 aromatic heterocycles. The molecule has 0 saturated carbocycles. The Balaban J connectivity index is 1.69. The van der Waals surface area contributed by atoms with Gasteiger partial charge in [0.15, 0.2) is 0 Å². The van der Waals surface area contributed by atoms with E-state index in [-0.39, 0.29) is 12.5 Å². The highest BCUT2D eigenvalue weighted by atomic mass is 32.1. The van der Waals surface area contributed by atoms with Crippen LogP contribution in [0, 0.1) is 6.92 Å². The SMILES string of the molecule is Cc1ncsc1C(=O)N(C)C[C@@]1(O)CCCN(c2ncccn2)C1. The van der Waals surface area contributed by atoms with Crippen molar-refractivity contribution in [2.45, 2.75) is 25.4 Å². The number of hydrogen-bond donors (Lipinski definition) is 1. The van der Waals surface area contributed by atoms with E-state index in [0.29, 0.717) is 23.8 Å². The van der Waals surface area contributed by atoms with Crippen LogP contribution < -0.4 is 4.90 Å². The number of aryl methyl sites for hydroxylation is 1. The molecular weight excluding hydrogens is 326 g/mol. The zero-order valence-corrected chi connectivity index (χ0v) is 14.7. The summed E-state index contributed by atoms with van der Waals surface area (Å²) in [5.41, 5.74) is 1.42. The Bertz CT molecular complexity index is 708. The fraction of sp³-hybridized carbons (Fsp3) is 0.500. The molecule has 3 heterocycles. The lowest BCUT2D eigenvalue weighted by molar-refractivity contribution is -0.000202. The number of piperidine rings is 1. The third-order valence-electron chi connectivity index (χ3n) is 4.21. The van der Waals surface area contributed by atoms with Crippen molar-refractivity contribution in [1.82, 2.24) is 19.9 Å². The number of hydrogen-bond acceptors (Lipinski definition) is 7. The molecule has 1 aliphatic rings. The molecule has 0 unspecified atom stereocenters. The molecular formula is C16H21N5O2S. The molecule has 1 fully saturated rings. The van der Waals surface area contributed by atoms with E-state index in [1.807, 2.05) is 11.8 Å². The Kier molecular flexibility index (Phi) is 4.77. The van der Waals surface area contributed by atoms with E-state index in [9.17, 15) is 9.90 Å². The predicted octanol–water partition coefficient (Wildman–Crippen LogP) is 1.35. The Morgan fingerprint density at radius 1 is 1.42 bits per heavy atom. The van der Waals surface area contributed by atoms with Gasteiger partial charge in [-0.25, -0.2) is 15.0 Å². The Labute approximate surface area is 145 Å². The number of likely N-dealkylation sites (N-methyl/N-ethyl adjacent to an activating group) is 1. The topological polar surface area (TPSA) is 82.5 Å². The highest BCUT2D eigenvalue weighted by molar-refractivity contribution is 7.11. The summed E-state index contributed by atoms with van der Waals surface area (Å²) in [6.45, 7) is 3.31. The van der Waals surface area contributed by atoms with Crippen LogP contribution in [0.4, 0.5) is 5.95 Å². The summed E-state index contributed by atoms with van der Waals surface area (Å²) < 4.78 is 0. The van der Waals surface area contributed by atoms with Gasteiger partial charge in [-0.2, -0.15) is 0 Å². The van der Waals surface area contributed by atoms with Gasteiger partial charge in [-0.05, 0) is 25.8 Å². The molecule has 1 saturated heterocycles. The Morgan fingerprint density at radius 2 is 2.17 bits per heavy atom. The monoisotopic (exact) mass is 347 g/mol. The molecule has 0 spiro atoms. The van der Waals surface area contributed by atoms with Crippen LogP contribution in [0.3, 0.4) is 0 Å². The largest absolute Gasteiger partial charge is 0.386 e. The molecule has 128 valence electrons. The first-order valence-corrected chi connectivity index (χ1v) is 8.76. The molecule has 0 radical (unpaired) electrons. The van der Waals surface area contributed by atoms with Crippen LogP contribution >= 0.6 is 11.3 Å². The second-order valence-electron chi connectivity index (χ2n) is 6.23. The summed E-state index contributed by atoms with van der Waals surface area (Å²) in [6.07, 6.45) is 4.86. The molecule has 1 N–H and O–H groups in total. The van der Waals surface area contributed by atoms with Gasteiger partial charge in [0.25, 0.3) is 5.91 Å². The van der Waals surface area contributed by atoms with Crippen molar-refractivity contribution in [1.29, 1.82) is 0 Å². The summed E-state index contributed by atoms with van der Waals surface area (Å²) in [5.74, 6) is 0.513. The van der Waals surface area contributed by atoms with Gasteiger partial charge < -0.3 is 14.9 Å². The minimum Gasteiger partial charge on any atom is -0.386 e. The molecule has 2 aromatic rings. The summed E-state index contributed by atoms with van der Waals surface area (Å²) in [5, 5.41) is 11.0. The van der Waals surface area contributed by atoms with E-state index in [1.165, 1.54) is 11.3 Å². The molecule has 0 bridgehead atoms. The van der Waals surface area contributed by atoms with E-state index in [2.05, 4.69) is 15.0 Å². The van der Waals surface area contributed by atoms with Gasteiger partial charge in [0.1, 0.15) is 4.88 Å². The van der Waals surface area contributed by atoms with Crippen LogP contribution in [-0.2, 0) is 0 Å². The van der Waals surface area contributed by atoms with Gasteiger partial charge in [-0.15, -0.1) is 11.3 Å². The molecule has 0 aromatic carbocycles. The van der Waals surface area contributed by atoms with E-state index in [0.717, 1.165) is 18.7 Å². The first-order chi connectivity index (χ1) is 11.5.